The second-order valence-corrected chi connectivity index (χ2v) is 3.10. The molecule has 2 rings (SSSR count). The number of pyridine rings is 1. The van der Waals surface area contributed by atoms with Crippen LogP contribution in [0, 0.1) is 0 Å². The van der Waals surface area contributed by atoms with Gasteiger partial charge in [-0.25, -0.2) is 0 Å². The summed E-state index contributed by atoms with van der Waals surface area (Å²) >= 11 is 0. The van der Waals surface area contributed by atoms with Crippen LogP contribution >= 0.6 is 0 Å². The van der Waals surface area contributed by atoms with Crippen LogP contribution in [0.1, 0.15) is 12.2 Å². The number of nitrogens with zero attached hydrogens (tertiary/aromatic N) is 5. The fraction of sp³-hybridized carbons (Fsp3) is 0.333. The van der Waals surface area contributed by atoms with E-state index in [0.717, 1.165) is 18.5 Å². The molecule has 78 valence electrons. The fourth-order valence-electron chi connectivity index (χ4n) is 1.18. The van der Waals surface area contributed by atoms with Crippen molar-refractivity contribution in [2.24, 2.45) is 5.73 Å². The van der Waals surface area contributed by atoms with E-state index < -0.39 is 0 Å². The predicted molar refractivity (Wildman–Crippen MR) is 54.3 cm³/mol. The van der Waals surface area contributed by atoms with Crippen LogP contribution in [-0.2, 0) is 6.42 Å². The Morgan fingerprint density at radius 3 is 3.07 bits per heavy atom. The zero-order valence-corrected chi connectivity index (χ0v) is 8.24. The maximum absolute atomic E-state index is 5.40. The molecule has 0 aliphatic carbocycles. The molecule has 0 bridgehead atoms. The minimum absolute atomic E-state index is 0.640. The van der Waals surface area contributed by atoms with E-state index >= 15 is 0 Å². The van der Waals surface area contributed by atoms with Crippen LogP contribution in [0.3, 0.4) is 0 Å². The van der Waals surface area contributed by atoms with E-state index in [0.29, 0.717) is 12.4 Å². The van der Waals surface area contributed by atoms with E-state index in [2.05, 4.69) is 20.4 Å². The molecular weight excluding hydrogens is 192 g/mol. The summed E-state index contributed by atoms with van der Waals surface area (Å²) in [6, 6.07) is 3.71. The van der Waals surface area contributed by atoms with E-state index in [4.69, 9.17) is 5.73 Å². The van der Waals surface area contributed by atoms with Crippen LogP contribution in [0.2, 0.25) is 0 Å². The number of hydrogen-bond acceptors (Lipinski definition) is 5. The van der Waals surface area contributed by atoms with E-state index in [1.165, 1.54) is 4.80 Å². The first-order valence-electron chi connectivity index (χ1n) is 4.79. The molecule has 2 aromatic rings. The highest BCUT2D eigenvalue weighted by Crippen LogP contribution is 2.01. The highest BCUT2D eigenvalue weighted by Gasteiger charge is 2.03. The Bertz CT molecular complexity index is 410. The van der Waals surface area contributed by atoms with Gasteiger partial charge >= 0.3 is 0 Å². The van der Waals surface area contributed by atoms with Gasteiger partial charge < -0.3 is 5.73 Å². The summed E-state index contributed by atoms with van der Waals surface area (Å²) in [4.78, 5) is 5.45. The summed E-state index contributed by atoms with van der Waals surface area (Å²) in [5.41, 5.74) is 6.21. The molecule has 0 fully saturated rings. The molecule has 15 heavy (non-hydrogen) atoms. The maximum Gasteiger partial charge on any atom is 0.175 e. The van der Waals surface area contributed by atoms with Crippen LogP contribution in [0.25, 0.3) is 5.69 Å². The summed E-state index contributed by atoms with van der Waals surface area (Å²) in [7, 11) is 0. The minimum Gasteiger partial charge on any atom is -0.330 e. The van der Waals surface area contributed by atoms with Gasteiger partial charge in [-0.2, -0.15) is 0 Å². The standard InChI is InChI=1S/C9H12N6/c10-5-1-4-9-12-14-15(13-9)8-3-2-6-11-7-8/h2-3,6-7H,1,4-5,10H2. The quantitative estimate of drug-likeness (QED) is 0.754. The number of aromatic nitrogens is 5. The Kier molecular flexibility index (Phi) is 2.99. The molecule has 2 heterocycles. The molecule has 0 amide bonds. The zero-order chi connectivity index (χ0) is 10.5. The van der Waals surface area contributed by atoms with Crippen molar-refractivity contribution in [3.05, 3.63) is 30.4 Å². The molecule has 2 N–H and O–H groups in total. The van der Waals surface area contributed by atoms with Crippen molar-refractivity contribution in [3.8, 4) is 5.69 Å². The molecule has 0 aromatic carbocycles. The molecule has 0 aliphatic heterocycles. The van der Waals surface area contributed by atoms with Crippen LogP contribution in [0.4, 0.5) is 0 Å². The van der Waals surface area contributed by atoms with Crippen LogP contribution in [-0.4, -0.2) is 31.7 Å². The summed E-state index contributed by atoms with van der Waals surface area (Å²) < 4.78 is 0. The van der Waals surface area contributed by atoms with Gasteiger partial charge in [0.25, 0.3) is 0 Å². The van der Waals surface area contributed by atoms with Crippen molar-refractivity contribution < 1.29 is 0 Å². The topological polar surface area (TPSA) is 82.5 Å². The van der Waals surface area contributed by atoms with Gasteiger partial charge in [-0.1, -0.05) is 0 Å². The van der Waals surface area contributed by atoms with E-state index in [1.807, 2.05) is 12.1 Å². The highest BCUT2D eigenvalue weighted by molar-refractivity contribution is 5.23. The van der Waals surface area contributed by atoms with Crippen molar-refractivity contribution in [2.75, 3.05) is 6.54 Å². The zero-order valence-electron chi connectivity index (χ0n) is 8.24. The Morgan fingerprint density at radius 2 is 2.33 bits per heavy atom. The largest absolute Gasteiger partial charge is 0.330 e. The van der Waals surface area contributed by atoms with Gasteiger partial charge in [0, 0.05) is 12.6 Å². The average Bonchev–Trinajstić information content (AvgIpc) is 2.76. The fourth-order valence-corrected chi connectivity index (χ4v) is 1.18. The van der Waals surface area contributed by atoms with Crippen LogP contribution < -0.4 is 5.73 Å². The summed E-state index contributed by atoms with van der Waals surface area (Å²) in [6.07, 6.45) is 5.03. The first-order valence-corrected chi connectivity index (χ1v) is 4.79. The minimum atomic E-state index is 0.640. The Morgan fingerprint density at radius 1 is 1.40 bits per heavy atom. The first-order chi connectivity index (χ1) is 7.40. The number of rotatable bonds is 4. The number of tetrazole rings is 1. The van der Waals surface area contributed by atoms with Gasteiger partial charge in [0.15, 0.2) is 5.82 Å². The molecule has 0 spiro atoms. The molecule has 0 saturated heterocycles. The maximum atomic E-state index is 5.40. The van der Waals surface area contributed by atoms with Crippen molar-refractivity contribution in [1.82, 2.24) is 25.2 Å². The molecule has 0 aliphatic rings. The lowest BCUT2D eigenvalue weighted by molar-refractivity contribution is 0.712. The first kappa shape index (κ1) is 9.72. The van der Waals surface area contributed by atoms with Crippen molar-refractivity contribution in [1.29, 1.82) is 0 Å². The van der Waals surface area contributed by atoms with Crippen molar-refractivity contribution >= 4 is 0 Å². The lowest BCUT2D eigenvalue weighted by atomic mass is 10.3. The summed E-state index contributed by atoms with van der Waals surface area (Å²) in [5.74, 6) is 0.712. The Balaban J connectivity index is 2.14. The van der Waals surface area contributed by atoms with E-state index in [9.17, 15) is 0 Å². The van der Waals surface area contributed by atoms with E-state index in [-0.39, 0.29) is 0 Å². The normalized spacial score (nSPS) is 10.5. The molecule has 0 saturated carbocycles. The monoisotopic (exact) mass is 204 g/mol. The van der Waals surface area contributed by atoms with Crippen LogP contribution in [0.15, 0.2) is 24.5 Å². The molecule has 0 radical (unpaired) electrons. The lowest BCUT2D eigenvalue weighted by Gasteiger charge is -1.94. The highest BCUT2D eigenvalue weighted by atomic mass is 15.6. The van der Waals surface area contributed by atoms with Gasteiger partial charge in [0.2, 0.25) is 0 Å². The SMILES string of the molecule is NCCCc1nnn(-c2cccnc2)n1. The van der Waals surface area contributed by atoms with Crippen LogP contribution in [0.5, 0.6) is 0 Å². The van der Waals surface area contributed by atoms with Crippen molar-refractivity contribution in [3.63, 3.8) is 0 Å². The van der Waals surface area contributed by atoms with Gasteiger partial charge in [0.1, 0.15) is 5.69 Å². The predicted octanol–water partition coefficient (Wildman–Crippen LogP) is -0.0514. The number of hydrogen-bond donors (Lipinski definition) is 1. The molecule has 0 atom stereocenters. The summed E-state index contributed by atoms with van der Waals surface area (Å²) in [6.45, 7) is 0.640. The Labute approximate surface area is 87.1 Å². The third kappa shape index (κ3) is 2.35. The van der Waals surface area contributed by atoms with Gasteiger partial charge in [-0.15, -0.1) is 15.0 Å². The Hall–Kier alpha value is -1.82. The molecule has 2 aromatic heterocycles. The summed E-state index contributed by atoms with van der Waals surface area (Å²) in [5, 5.41) is 12.1. The average molecular weight is 204 g/mol. The van der Waals surface area contributed by atoms with Gasteiger partial charge in [-0.05, 0) is 30.3 Å². The third-order valence-electron chi connectivity index (χ3n) is 1.94. The molecule has 0 unspecified atom stereocenters. The van der Waals surface area contributed by atoms with Gasteiger partial charge in [-0.3, -0.25) is 4.98 Å². The number of aryl methyl sites for hydroxylation is 1. The lowest BCUT2D eigenvalue weighted by Crippen LogP contribution is -2.02. The molecule has 6 nitrogen and oxygen atoms in total. The van der Waals surface area contributed by atoms with Gasteiger partial charge in [0.05, 0.1) is 6.20 Å². The van der Waals surface area contributed by atoms with Crippen molar-refractivity contribution in [2.45, 2.75) is 12.8 Å². The number of nitrogens with two attached hydrogens (primary N) is 1. The third-order valence-corrected chi connectivity index (χ3v) is 1.94. The second-order valence-electron chi connectivity index (χ2n) is 3.10. The van der Waals surface area contributed by atoms with E-state index in [1.54, 1.807) is 12.4 Å². The molecule has 6 heteroatoms. The smallest absolute Gasteiger partial charge is 0.175 e. The second kappa shape index (κ2) is 4.61. The molecular formula is C9H12N6.